The molecule has 1 aromatic carbocycles. The van der Waals surface area contributed by atoms with Crippen molar-refractivity contribution in [2.45, 2.75) is 13.3 Å². The van der Waals surface area contributed by atoms with Gasteiger partial charge in [-0.2, -0.15) is 0 Å². The minimum absolute atomic E-state index is 0.839. The van der Waals surface area contributed by atoms with Gasteiger partial charge in [-0.3, -0.25) is 0 Å². The van der Waals surface area contributed by atoms with Crippen LogP contribution in [0.5, 0.6) is 0 Å². The Kier molecular flexibility index (Phi) is 4.63. The first kappa shape index (κ1) is 15.1. The van der Waals surface area contributed by atoms with Crippen molar-refractivity contribution in [2.24, 2.45) is 4.99 Å². The lowest BCUT2D eigenvalue weighted by Crippen LogP contribution is -2.08. The fraction of sp³-hybridized carbons (Fsp3) is 0.278. The van der Waals surface area contributed by atoms with Gasteiger partial charge in [0.25, 0.3) is 0 Å². The molecule has 3 nitrogen and oxygen atoms in total. The smallest absolute Gasteiger partial charge is 0.125 e. The number of aliphatic imine (C=N–C) groups is 1. The van der Waals surface area contributed by atoms with Gasteiger partial charge in [0, 0.05) is 39.5 Å². The van der Waals surface area contributed by atoms with Crippen molar-refractivity contribution in [1.82, 2.24) is 10.2 Å². The van der Waals surface area contributed by atoms with Crippen molar-refractivity contribution in [2.75, 3.05) is 21.1 Å². The largest absolute Gasteiger partial charge is 0.378 e. The van der Waals surface area contributed by atoms with E-state index in [0.29, 0.717) is 0 Å². The third kappa shape index (κ3) is 3.43. The van der Waals surface area contributed by atoms with Crippen LogP contribution < -0.4 is 5.32 Å². The van der Waals surface area contributed by atoms with Crippen LogP contribution in [-0.2, 0) is 0 Å². The van der Waals surface area contributed by atoms with Crippen LogP contribution in [-0.4, -0.2) is 32.3 Å². The quantitative estimate of drug-likeness (QED) is 0.914. The van der Waals surface area contributed by atoms with Gasteiger partial charge >= 0.3 is 0 Å². The fourth-order valence-electron chi connectivity index (χ4n) is 2.35. The number of nitrogens with zero attached hydrogens (tertiary/aromatic N) is 2. The van der Waals surface area contributed by atoms with Crippen molar-refractivity contribution in [3.05, 3.63) is 59.4 Å². The molecule has 21 heavy (non-hydrogen) atoms. The Morgan fingerprint density at radius 3 is 2.76 bits per heavy atom. The molecule has 0 bridgehead atoms. The number of benzene rings is 1. The molecule has 0 radical (unpaired) electrons. The minimum atomic E-state index is 0.839. The highest BCUT2D eigenvalue weighted by Gasteiger charge is 2.09. The van der Waals surface area contributed by atoms with Crippen LogP contribution in [0.4, 0.5) is 0 Å². The maximum absolute atomic E-state index is 4.41. The lowest BCUT2D eigenvalue weighted by Gasteiger charge is -2.17. The van der Waals surface area contributed by atoms with Crippen LogP contribution in [0.25, 0.3) is 11.3 Å². The fourth-order valence-corrected chi connectivity index (χ4v) is 2.35. The first-order chi connectivity index (χ1) is 10.0. The van der Waals surface area contributed by atoms with Crippen molar-refractivity contribution < 1.29 is 0 Å². The molecule has 3 heteroatoms. The number of rotatable bonds is 4. The molecule has 1 aliphatic rings. The van der Waals surface area contributed by atoms with Crippen LogP contribution in [0.2, 0.25) is 0 Å². The molecule has 1 heterocycles. The molecule has 1 N–H and O–H groups in total. The van der Waals surface area contributed by atoms with Crippen molar-refractivity contribution in [1.29, 1.82) is 0 Å². The molecular weight excluding hydrogens is 258 g/mol. The highest BCUT2D eigenvalue weighted by Crippen LogP contribution is 2.27. The van der Waals surface area contributed by atoms with Crippen LogP contribution >= 0.6 is 0 Å². The molecule has 0 saturated heterocycles. The maximum atomic E-state index is 4.41. The van der Waals surface area contributed by atoms with E-state index in [1.54, 1.807) is 0 Å². The van der Waals surface area contributed by atoms with Gasteiger partial charge in [-0.05, 0) is 41.3 Å². The molecule has 0 saturated carbocycles. The minimum Gasteiger partial charge on any atom is -0.378 e. The summed E-state index contributed by atoms with van der Waals surface area (Å²) < 4.78 is 0. The summed E-state index contributed by atoms with van der Waals surface area (Å²) in [7, 11) is 5.92. The zero-order valence-corrected chi connectivity index (χ0v) is 13.3. The molecule has 110 valence electrons. The third-order valence-electron chi connectivity index (χ3n) is 3.70. The molecule has 0 aromatic heterocycles. The standard InChI is InChI=1S/C18H23N3/c1-13-11-18(19-3)20-10-9-17(13)16-8-6-7-15(12-16)14(2)21(4)5/h6-8,10-12,19H,2,9H2,1,3-5H3. The summed E-state index contributed by atoms with van der Waals surface area (Å²) in [6.07, 6.45) is 4.89. The maximum Gasteiger partial charge on any atom is 0.125 e. The second kappa shape index (κ2) is 6.44. The van der Waals surface area contributed by atoms with E-state index in [9.17, 15) is 0 Å². The van der Waals surface area contributed by atoms with E-state index in [0.717, 1.165) is 23.5 Å². The topological polar surface area (TPSA) is 27.6 Å². The molecule has 0 atom stereocenters. The van der Waals surface area contributed by atoms with Gasteiger partial charge in [0.05, 0.1) is 0 Å². The Bertz CT molecular complexity index is 634. The van der Waals surface area contributed by atoms with Gasteiger partial charge in [0.1, 0.15) is 5.82 Å². The Hall–Kier alpha value is -2.29. The molecule has 0 amide bonds. The molecular formula is C18H23N3. The third-order valence-corrected chi connectivity index (χ3v) is 3.70. The van der Waals surface area contributed by atoms with Gasteiger partial charge in [0.2, 0.25) is 0 Å². The molecule has 0 fully saturated rings. The summed E-state index contributed by atoms with van der Waals surface area (Å²) >= 11 is 0. The predicted molar refractivity (Wildman–Crippen MR) is 92.0 cm³/mol. The van der Waals surface area contributed by atoms with E-state index in [1.165, 1.54) is 16.7 Å². The first-order valence-corrected chi connectivity index (χ1v) is 7.11. The van der Waals surface area contributed by atoms with E-state index < -0.39 is 0 Å². The van der Waals surface area contributed by atoms with E-state index in [2.05, 4.69) is 54.2 Å². The molecule has 0 unspecified atom stereocenters. The summed E-state index contributed by atoms with van der Waals surface area (Å²) in [6.45, 7) is 6.27. The van der Waals surface area contributed by atoms with E-state index >= 15 is 0 Å². The van der Waals surface area contributed by atoms with E-state index in [-0.39, 0.29) is 0 Å². The highest BCUT2D eigenvalue weighted by molar-refractivity contribution is 5.84. The average molecular weight is 281 g/mol. The Balaban J connectivity index is 2.43. The van der Waals surface area contributed by atoms with Crippen molar-refractivity contribution >= 4 is 17.5 Å². The van der Waals surface area contributed by atoms with Crippen molar-refractivity contribution in [3.63, 3.8) is 0 Å². The Morgan fingerprint density at radius 1 is 1.33 bits per heavy atom. The number of allylic oxidation sites excluding steroid dienone is 3. The lowest BCUT2D eigenvalue weighted by atomic mass is 9.96. The second-order valence-corrected chi connectivity index (χ2v) is 5.38. The van der Waals surface area contributed by atoms with Gasteiger partial charge in [-0.15, -0.1) is 0 Å². The summed E-state index contributed by atoms with van der Waals surface area (Å²) in [4.78, 5) is 6.45. The highest BCUT2D eigenvalue weighted by atomic mass is 15.1. The second-order valence-electron chi connectivity index (χ2n) is 5.38. The number of hydrogen-bond acceptors (Lipinski definition) is 3. The van der Waals surface area contributed by atoms with E-state index in [4.69, 9.17) is 0 Å². The lowest BCUT2D eigenvalue weighted by molar-refractivity contribution is 0.593. The van der Waals surface area contributed by atoms with Crippen molar-refractivity contribution in [3.8, 4) is 0 Å². The van der Waals surface area contributed by atoms with Crippen LogP contribution in [0, 0.1) is 0 Å². The van der Waals surface area contributed by atoms with Gasteiger partial charge in [-0.25, -0.2) is 4.99 Å². The molecule has 1 aromatic rings. The zero-order valence-electron chi connectivity index (χ0n) is 13.3. The zero-order chi connectivity index (χ0) is 15.4. The molecule has 0 spiro atoms. The summed E-state index contributed by atoms with van der Waals surface area (Å²) in [6, 6.07) is 8.54. The summed E-state index contributed by atoms with van der Waals surface area (Å²) in [5.41, 5.74) is 5.94. The molecule has 0 aliphatic carbocycles. The first-order valence-electron chi connectivity index (χ1n) is 7.11. The van der Waals surface area contributed by atoms with Crippen LogP contribution in [0.3, 0.4) is 0 Å². The number of nitrogens with one attached hydrogen (secondary N) is 1. The molecule has 2 rings (SSSR count). The van der Waals surface area contributed by atoms with Crippen LogP contribution in [0.1, 0.15) is 24.5 Å². The predicted octanol–water partition coefficient (Wildman–Crippen LogP) is 3.53. The van der Waals surface area contributed by atoms with E-state index in [1.807, 2.05) is 32.3 Å². The average Bonchev–Trinajstić information content (AvgIpc) is 2.67. The normalized spacial score (nSPS) is 14.6. The van der Waals surface area contributed by atoms with Gasteiger partial charge in [0.15, 0.2) is 0 Å². The Morgan fingerprint density at radius 2 is 2.10 bits per heavy atom. The van der Waals surface area contributed by atoms with Crippen LogP contribution in [0.15, 0.2) is 53.3 Å². The SMILES string of the molecule is C=C(c1cccc(C2=C(C)C=C(NC)N=CC2)c1)N(C)C. The van der Waals surface area contributed by atoms with Gasteiger partial charge in [-0.1, -0.05) is 24.8 Å². The Labute approximate surface area is 127 Å². The molecule has 1 aliphatic heterocycles. The summed E-state index contributed by atoms with van der Waals surface area (Å²) in [5.74, 6) is 0.899. The number of hydrogen-bond donors (Lipinski definition) is 1. The summed E-state index contributed by atoms with van der Waals surface area (Å²) in [5, 5.41) is 3.10. The monoisotopic (exact) mass is 281 g/mol. The van der Waals surface area contributed by atoms with Gasteiger partial charge < -0.3 is 10.2 Å².